The van der Waals surface area contributed by atoms with Crippen molar-refractivity contribution in [3.63, 3.8) is 0 Å². The largest absolute Gasteiger partial charge is 0.461 e. The summed E-state index contributed by atoms with van der Waals surface area (Å²) in [5.41, 5.74) is 2.91. The molecule has 0 bridgehead atoms. The van der Waals surface area contributed by atoms with Crippen LogP contribution >= 0.6 is 11.6 Å². The first-order valence-electron chi connectivity index (χ1n) is 14.2. The molecule has 2 aromatic heterocycles. The third kappa shape index (κ3) is 6.55. The summed E-state index contributed by atoms with van der Waals surface area (Å²) in [6.07, 6.45) is 3.69. The highest BCUT2D eigenvalue weighted by atomic mass is 35.5. The zero-order valence-corrected chi connectivity index (χ0v) is 23.8. The number of ether oxygens (including phenoxy) is 2. The second-order valence-electron chi connectivity index (χ2n) is 10.7. The monoisotopic (exact) mass is 598 g/mol. The van der Waals surface area contributed by atoms with Gasteiger partial charge in [0.05, 0.1) is 12.4 Å². The molecule has 0 saturated carbocycles. The second kappa shape index (κ2) is 13.0. The number of benzene rings is 2. The number of aliphatic hydroxyl groups is 1. The van der Waals surface area contributed by atoms with Gasteiger partial charge >= 0.3 is 6.01 Å². The van der Waals surface area contributed by atoms with E-state index in [2.05, 4.69) is 24.8 Å². The Bertz CT molecular complexity index is 1430. The van der Waals surface area contributed by atoms with Crippen molar-refractivity contribution >= 4 is 22.8 Å². The molecule has 2 unspecified atom stereocenters. The van der Waals surface area contributed by atoms with Crippen molar-refractivity contribution in [2.24, 2.45) is 0 Å². The number of piperazine rings is 1. The third-order valence-electron chi connectivity index (χ3n) is 7.84. The second-order valence-corrected chi connectivity index (χ2v) is 11.1. The minimum Gasteiger partial charge on any atom is -0.461 e. The van der Waals surface area contributed by atoms with Gasteiger partial charge in [-0.2, -0.15) is 9.97 Å². The lowest BCUT2D eigenvalue weighted by Crippen LogP contribution is -2.50. The number of aliphatic hydroxyl groups excluding tert-OH is 1. The molecule has 4 heterocycles. The summed E-state index contributed by atoms with van der Waals surface area (Å²) in [5, 5.41) is 11.0. The number of halogens is 3. The average molecular weight is 599 g/mol. The molecule has 2 aliphatic rings. The van der Waals surface area contributed by atoms with Gasteiger partial charge in [0.1, 0.15) is 36.1 Å². The number of aromatic nitrogens is 4. The van der Waals surface area contributed by atoms with Gasteiger partial charge in [-0.05, 0) is 54.7 Å². The summed E-state index contributed by atoms with van der Waals surface area (Å²) in [4.78, 5) is 17.5. The third-order valence-corrected chi connectivity index (χ3v) is 8.11. The molecule has 222 valence electrons. The lowest BCUT2D eigenvalue weighted by atomic mass is 9.96. The molecule has 12 heteroatoms. The molecule has 2 fully saturated rings. The molecule has 1 N–H and O–H groups in total. The fraction of sp³-hybridized carbons (Fsp3) is 0.433. The first-order chi connectivity index (χ1) is 20.4. The van der Waals surface area contributed by atoms with E-state index in [1.165, 1.54) is 24.3 Å². The van der Waals surface area contributed by atoms with E-state index in [0.717, 1.165) is 43.5 Å². The summed E-state index contributed by atoms with van der Waals surface area (Å²) >= 11 is 6.37. The van der Waals surface area contributed by atoms with Gasteiger partial charge in [0.15, 0.2) is 10.8 Å². The minimum absolute atomic E-state index is 0.00387. The normalized spacial score (nSPS) is 19.4. The van der Waals surface area contributed by atoms with Crippen molar-refractivity contribution < 1.29 is 23.4 Å². The smallest absolute Gasteiger partial charge is 0.320 e. The van der Waals surface area contributed by atoms with Gasteiger partial charge in [0.25, 0.3) is 0 Å². The molecule has 0 amide bonds. The molecule has 2 aliphatic heterocycles. The number of rotatable bonds is 9. The van der Waals surface area contributed by atoms with E-state index < -0.39 is 6.10 Å². The van der Waals surface area contributed by atoms with Crippen molar-refractivity contribution in [1.82, 2.24) is 29.3 Å². The fourth-order valence-corrected chi connectivity index (χ4v) is 5.92. The molecular formula is C30H33ClF2N6O3. The predicted molar refractivity (Wildman–Crippen MR) is 153 cm³/mol. The Balaban J connectivity index is 1.06. The van der Waals surface area contributed by atoms with Crippen LogP contribution in [0.5, 0.6) is 6.01 Å². The molecule has 9 nitrogen and oxygen atoms in total. The van der Waals surface area contributed by atoms with Crippen molar-refractivity contribution in [2.45, 2.75) is 37.6 Å². The highest BCUT2D eigenvalue weighted by Gasteiger charge is 2.28. The molecule has 0 aliphatic carbocycles. The van der Waals surface area contributed by atoms with E-state index in [-0.39, 0.29) is 41.7 Å². The molecule has 2 aromatic carbocycles. The van der Waals surface area contributed by atoms with Gasteiger partial charge in [-0.25, -0.2) is 13.8 Å². The summed E-state index contributed by atoms with van der Waals surface area (Å²) in [6, 6.07) is 12.8. The number of β-amino-alcohol motifs (C(OH)–C–C–N with tert-alkyl or cyclic N) is 1. The summed E-state index contributed by atoms with van der Waals surface area (Å²) in [7, 11) is 0. The van der Waals surface area contributed by atoms with Crippen LogP contribution in [0.1, 0.15) is 42.7 Å². The van der Waals surface area contributed by atoms with Crippen LogP contribution in [0.4, 0.5) is 8.78 Å². The van der Waals surface area contributed by atoms with E-state index in [1.54, 1.807) is 30.6 Å². The van der Waals surface area contributed by atoms with Crippen LogP contribution in [-0.2, 0) is 4.74 Å². The molecule has 2 saturated heterocycles. The Hall–Kier alpha value is -3.22. The predicted octanol–water partition coefficient (Wildman–Crippen LogP) is 4.60. The van der Waals surface area contributed by atoms with E-state index in [4.69, 9.17) is 21.1 Å². The number of hydrogen-bond acceptors (Lipinski definition) is 8. The topological polar surface area (TPSA) is 88.8 Å². The summed E-state index contributed by atoms with van der Waals surface area (Å²) in [6.45, 7) is 3.96. The zero-order chi connectivity index (χ0) is 29.1. The van der Waals surface area contributed by atoms with Crippen LogP contribution in [-0.4, -0.2) is 86.5 Å². The lowest BCUT2D eigenvalue weighted by molar-refractivity contribution is -0.0298. The zero-order valence-electron chi connectivity index (χ0n) is 23.1. The van der Waals surface area contributed by atoms with Crippen molar-refractivity contribution in [3.05, 3.63) is 82.8 Å². The summed E-state index contributed by atoms with van der Waals surface area (Å²) < 4.78 is 40.8. The van der Waals surface area contributed by atoms with Gasteiger partial charge in [0, 0.05) is 39.3 Å². The van der Waals surface area contributed by atoms with Crippen molar-refractivity contribution in [3.8, 4) is 6.01 Å². The van der Waals surface area contributed by atoms with Crippen molar-refractivity contribution in [2.75, 3.05) is 45.9 Å². The Morgan fingerprint density at radius 3 is 2.24 bits per heavy atom. The van der Waals surface area contributed by atoms with Crippen LogP contribution in [0.3, 0.4) is 0 Å². The van der Waals surface area contributed by atoms with Gasteiger partial charge in [-0.1, -0.05) is 35.9 Å². The fourth-order valence-electron chi connectivity index (χ4n) is 5.71. The molecular weight excluding hydrogens is 566 g/mol. The van der Waals surface area contributed by atoms with Crippen LogP contribution in [0.2, 0.25) is 5.15 Å². The Labute approximate surface area is 247 Å². The van der Waals surface area contributed by atoms with Crippen LogP contribution in [0, 0.1) is 11.6 Å². The molecule has 0 spiro atoms. The highest BCUT2D eigenvalue weighted by molar-refractivity contribution is 6.33. The number of fused-ring (bicyclic) bond motifs is 1. The molecule has 4 aromatic rings. The van der Waals surface area contributed by atoms with Gasteiger partial charge in [-0.3, -0.25) is 14.4 Å². The van der Waals surface area contributed by atoms with Crippen LogP contribution in [0.25, 0.3) is 11.2 Å². The van der Waals surface area contributed by atoms with Gasteiger partial charge in [-0.15, -0.1) is 0 Å². The van der Waals surface area contributed by atoms with Crippen molar-refractivity contribution in [1.29, 1.82) is 0 Å². The number of imidazole rings is 1. The van der Waals surface area contributed by atoms with E-state index >= 15 is 0 Å². The Morgan fingerprint density at radius 1 is 0.952 bits per heavy atom. The quantitative estimate of drug-likeness (QED) is 0.280. The van der Waals surface area contributed by atoms with Gasteiger partial charge in [0.2, 0.25) is 0 Å². The molecule has 6 rings (SSSR count). The standard InChI is InChI=1S/C30H33ClF2N6O3/c31-28-26-29(39(19-34-26)25-3-1-2-16-41-25)36-30(35-28)42-18-24(40)17-37-12-14-38(15-13-37)27(20-4-8-22(32)9-5-20)21-6-10-23(33)11-7-21/h4-11,19,24-25,27,40H,1-3,12-18H2. The first-order valence-corrected chi connectivity index (χ1v) is 14.6. The van der Waals surface area contributed by atoms with E-state index in [0.29, 0.717) is 37.4 Å². The van der Waals surface area contributed by atoms with Crippen LogP contribution in [0.15, 0.2) is 54.9 Å². The maximum atomic E-state index is 13.6. The summed E-state index contributed by atoms with van der Waals surface area (Å²) in [5.74, 6) is -0.594. The number of nitrogens with zero attached hydrogens (tertiary/aromatic N) is 6. The maximum absolute atomic E-state index is 13.6. The minimum atomic E-state index is -0.772. The molecule has 42 heavy (non-hydrogen) atoms. The number of hydrogen-bond donors (Lipinski definition) is 1. The Morgan fingerprint density at radius 2 is 1.62 bits per heavy atom. The highest BCUT2D eigenvalue weighted by Crippen LogP contribution is 2.31. The van der Waals surface area contributed by atoms with Gasteiger partial charge < -0.3 is 14.6 Å². The maximum Gasteiger partial charge on any atom is 0.320 e. The SMILES string of the molecule is OC(COc1nc(Cl)c2ncn(C3CCCCO3)c2n1)CN1CCN(C(c2ccc(F)cc2)c2ccc(F)cc2)CC1. The van der Waals surface area contributed by atoms with E-state index in [1.807, 2.05) is 4.57 Å². The lowest BCUT2D eigenvalue weighted by Gasteiger charge is -2.40. The van der Waals surface area contributed by atoms with Crippen LogP contribution < -0.4 is 4.74 Å². The average Bonchev–Trinajstić information content (AvgIpc) is 3.44. The molecule has 0 radical (unpaired) electrons. The van der Waals surface area contributed by atoms with E-state index in [9.17, 15) is 13.9 Å². The first kappa shape index (κ1) is 28.9. The Kier molecular flexibility index (Phi) is 8.92. The molecule has 2 atom stereocenters.